The van der Waals surface area contributed by atoms with Gasteiger partial charge in [-0.25, -0.2) is 0 Å². The minimum Gasteiger partial charge on any atom is -0.503 e. The zero-order valence-electron chi connectivity index (χ0n) is 15.7. The molecular weight excluding hydrogens is 330 g/mol. The first kappa shape index (κ1) is 18.5. The van der Waals surface area contributed by atoms with Crippen LogP contribution in [0.25, 0.3) is 0 Å². The van der Waals surface area contributed by atoms with Crippen LogP contribution in [0.4, 0.5) is 0 Å². The third kappa shape index (κ3) is 3.22. The van der Waals surface area contributed by atoms with Crippen molar-refractivity contribution in [2.24, 2.45) is 5.92 Å². The first-order valence-corrected chi connectivity index (χ1v) is 9.48. The lowest BCUT2D eigenvalue weighted by Gasteiger charge is -2.32. The van der Waals surface area contributed by atoms with Crippen LogP contribution >= 0.6 is 0 Å². The second-order valence-corrected chi connectivity index (χ2v) is 7.34. The maximum absolute atomic E-state index is 12.9. The van der Waals surface area contributed by atoms with Gasteiger partial charge in [0, 0.05) is 12.0 Å². The maximum Gasteiger partial charge on any atom is 0.290 e. The van der Waals surface area contributed by atoms with Crippen molar-refractivity contribution in [1.29, 1.82) is 0 Å². The summed E-state index contributed by atoms with van der Waals surface area (Å²) in [6.45, 7) is 6.03. The minimum absolute atomic E-state index is 0.0582. The molecule has 1 aromatic carbocycles. The van der Waals surface area contributed by atoms with Crippen molar-refractivity contribution < 1.29 is 19.4 Å². The highest BCUT2D eigenvalue weighted by atomic mass is 16.5. The van der Waals surface area contributed by atoms with Crippen LogP contribution in [0.3, 0.4) is 0 Å². The van der Waals surface area contributed by atoms with Gasteiger partial charge in [0.1, 0.15) is 5.75 Å². The molecule has 0 spiro atoms. The summed E-state index contributed by atoms with van der Waals surface area (Å²) >= 11 is 0. The number of carbonyl (C=O) groups excluding carboxylic acids is 2. The summed E-state index contributed by atoms with van der Waals surface area (Å²) in [6.07, 6.45) is 3.94. The van der Waals surface area contributed by atoms with E-state index in [2.05, 4.69) is 0 Å². The predicted molar refractivity (Wildman–Crippen MR) is 99.0 cm³/mol. The van der Waals surface area contributed by atoms with Crippen LogP contribution in [0.15, 0.2) is 35.6 Å². The monoisotopic (exact) mass is 357 g/mol. The van der Waals surface area contributed by atoms with Gasteiger partial charge in [0.25, 0.3) is 5.91 Å². The highest BCUT2D eigenvalue weighted by Crippen LogP contribution is 2.43. The second kappa shape index (κ2) is 7.52. The molecule has 26 heavy (non-hydrogen) atoms. The lowest BCUT2D eigenvalue weighted by Crippen LogP contribution is -2.38. The van der Waals surface area contributed by atoms with Gasteiger partial charge < -0.3 is 14.7 Å². The molecule has 0 bridgehead atoms. The Kier molecular flexibility index (Phi) is 5.35. The molecule has 1 aliphatic heterocycles. The lowest BCUT2D eigenvalue weighted by molar-refractivity contribution is -0.131. The summed E-state index contributed by atoms with van der Waals surface area (Å²) in [6, 6.07) is 7.01. The quantitative estimate of drug-likeness (QED) is 0.837. The Labute approximate surface area is 154 Å². The van der Waals surface area contributed by atoms with Crippen molar-refractivity contribution in [3.8, 4) is 5.75 Å². The molecule has 5 nitrogen and oxygen atoms in total. The second-order valence-electron chi connectivity index (χ2n) is 7.34. The van der Waals surface area contributed by atoms with Gasteiger partial charge in [0.15, 0.2) is 11.5 Å². The van der Waals surface area contributed by atoms with E-state index in [4.69, 9.17) is 4.74 Å². The summed E-state index contributed by atoms with van der Waals surface area (Å²) in [5.41, 5.74) is 1.04. The largest absolute Gasteiger partial charge is 0.503 e. The van der Waals surface area contributed by atoms with Gasteiger partial charge >= 0.3 is 0 Å². The average molecular weight is 357 g/mol. The number of ketones is 1. The molecule has 1 amide bonds. The molecular formula is C21H27NO4. The van der Waals surface area contributed by atoms with Crippen LogP contribution in [0.5, 0.6) is 5.75 Å². The van der Waals surface area contributed by atoms with Crippen LogP contribution in [0.2, 0.25) is 0 Å². The molecule has 0 saturated heterocycles. The third-order valence-electron chi connectivity index (χ3n) is 5.24. The summed E-state index contributed by atoms with van der Waals surface area (Å²) in [7, 11) is 0. The number of benzene rings is 1. The van der Waals surface area contributed by atoms with Gasteiger partial charge in [-0.2, -0.15) is 0 Å². The summed E-state index contributed by atoms with van der Waals surface area (Å²) < 4.78 is 5.60. The Bertz CT molecular complexity index is 731. The highest BCUT2D eigenvalue weighted by molar-refractivity contribution is 6.09. The van der Waals surface area contributed by atoms with E-state index in [1.807, 2.05) is 31.2 Å². The molecule has 1 aliphatic carbocycles. The number of hydrogen-bond donors (Lipinski definition) is 1. The molecule has 1 unspecified atom stereocenters. The van der Waals surface area contributed by atoms with Crippen molar-refractivity contribution in [2.75, 3.05) is 6.61 Å². The van der Waals surface area contributed by atoms with E-state index in [1.54, 1.807) is 18.7 Å². The van der Waals surface area contributed by atoms with Crippen molar-refractivity contribution >= 4 is 11.7 Å². The van der Waals surface area contributed by atoms with Crippen LogP contribution < -0.4 is 4.74 Å². The Morgan fingerprint density at radius 1 is 1.31 bits per heavy atom. The van der Waals surface area contributed by atoms with E-state index >= 15 is 0 Å². The van der Waals surface area contributed by atoms with E-state index in [0.29, 0.717) is 12.4 Å². The van der Waals surface area contributed by atoms with Crippen molar-refractivity contribution in [3.05, 3.63) is 41.2 Å². The maximum atomic E-state index is 12.9. The van der Waals surface area contributed by atoms with Gasteiger partial charge in [-0.1, -0.05) is 38.8 Å². The molecule has 140 valence electrons. The van der Waals surface area contributed by atoms with E-state index in [1.165, 1.54) is 0 Å². The van der Waals surface area contributed by atoms with Gasteiger partial charge in [0.05, 0.1) is 18.2 Å². The summed E-state index contributed by atoms with van der Waals surface area (Å²) in [5.74, 6) is -0.578. The summed E-state index contributed by atoms with van der Waals surface area (Å²) in [5, 5.41) is 10.5. The first-order chi connectivity index (χ1) is 12.5. The van der Waals surface area contributed by atoms with E-state index in [9.17, 15) is 14.7 Å². The first-order valence-electron chi connectivity index (χ1n) is 9.48. The molecule has 0 radical (unpaired) electrons. The van der Waals surface area contributed by atoms with Crippen LogP contribution in [0, 0.1) is 5.92 Å². The number of ether oxygens (including phenoxy) is 1. The fourth-order valence-electron chi connectivity index (χ4n) is 4.01. The lowest BCUT2D eigenvalue weighted by atomic mass is 9.90. The van der Waals surface area contributed by atoms with Gasteiger partial charge in [-0.15, -0.1) is 0 Å². The number of aliphatic hydroxyl groups excluding tert-OH is 1. The zero-order valence-corrected chi connectivity index (χ0v) is 15.7. The number of hydrogen-bond acceptors (Lipinski definition) is 4. The van der Waals surface area contributed by atoms with E-state index in [0.717, 1.165) is 31.2 Å². The number of rotatable bonds is 6. The Balaban J connectivity index is 2.08. The molecule has 1 fully saturated rings. The van der Waals surface area contributed by atoms with Crippen LogP contribution in [-0.4, -0.2) is 34.3 Å². The molecule has 3 rings (SSSR count). The number of nitrogens with zero attached hydrogens (tertiary/aromatic N) is 1. The fourth-order valence-corrected chi connectivity index (χ4v) is 4.01. The topological polar surface area (TPSA) is 66.8 Å². The molecule has 1 aromatic rings. The molecule has 1 atom stereocenters. The smallest absolute Gasteiger partial charge is 0.290 e. The predicted octanol–water partition coefficient (Wildman–Crippen LogP) is 3.95. The Morgan fingerprint density at radius 2 is 2.00 bits per heavy atom. The van der Waals surface area contributed by atoms with E-state index in [-0.39, 0.29) is 29.1 Å². The molecule has 5 heteroatoms. The molecule has 0 aromatic heterocycles. The Morgan fingerprint density at radius 3 is 2.62 bits per heavy atom. The number of amides is 1. The fraction of sp³-hybridized carbons (Fsp3) is 0.524. The molecule has 1 N–H and O–H groups in total. The molecule has 1 saturated carbocycles. The van der Waals surface area contributed by atoms with Crippen molar-refractivity contribution in [2.45, 2.75) is 58.5 Å². The van der Waals surface area contributed by atoms with Crippen molar-refractivity contribution in [3.63, 3.8) is 0 Å². The van der Waals surface area contributed by atoms with Gasteiger partial charge in [-0.05, 0) is 37.5 Å². The van der Waals surface area contributed by atoms with Crippen LogP contribution in [0.1, 0.15) is 58.1 Å². The molecule has 2 aliphatic rings. The standard InChI is InChI=1S/C21H27NO4/c1-4-26-16-11-7-8-14(12-16)18-17(19(23)13(2)3)20(24)21(25)22(18)15-9-5-6-10-15/h7-8,11-13,15,18,24H,4-6,9-10H2,1-3H3. The normalized spacial score (nSPS) is 21.2. The Hall–Kier alpha value is -2.30. The van der Waals surface area contributed by atoms with Crippen LogP contribution in [-0.2, 0) is 9.59 Å². The van der Waals surface area contributed by atoms with Crippen molar-refractivity contribution in [1.82, 2.24) is 4.90 Å². The minimum atomic E-state index is -0.541. The summed E-state index contributed by atoms with van der Waals surface area (Å²) in [4.78, 5) is 27.4. The van der Waals surface area contributed by atoms with Gasteiger partial charge in [-0.3, -0.25) is 9.59 Å². The SMILES string of the molecule is CCOc1cccc(C2C(C(=O)C(C)C)=C(O)C(=O)N2C2CCCC2)c1. The average Bonchev–Trinajstić information content (AvgIpc) is 3.22. The number of carbonyl (C=O) groups is 2. The van der Waals surface area contributed by atoms with Gasteiger partial charge in [0.2, 0.25) is 0 Å². The third-order valence-corrected chi connectivity index (χ3v) is 5.24. The zero-order chi connectivity index (χ0) is 18.8. The number of Topliss-reactive ketones (excluding diaryl/α,β-unsaturated/α-hetero) is 1. The highest BCUT2D eigenvalue weighted by Gasteiger charge is 2.47. The number of aliphatic hydroxyl groups is 1. The molecule has 1 heterocycles. The van der Waals surface area contributed by atoms with E-state index < -0.39 is 11.9 Å².